The minimum absolute atomic E-state index is 0.00440. The second kappa shape index (κ2) is 9.30. The standard InChI is InChI=1S/C20H31N3O5/c24-16(25)11-21-18(26)17(19(27)22-13-6-2-1-3-7-13)20(28)23-15-8-4-5-12-9-10-14(12)15/h12-15,21,26H,1-11H2,(H,22,27)(H,23,28)(H,24,25)/t12?,14-,15-/m1/s1. The fraction of sp³-hybridized carbons (Fsp3) is 0.750. The second-order valence-corrected chi connectivity index (χ2v) is 8.29. The lowest BCUT2D eigenvalue weighted by atomic mass is 9.63. The van der Waals surface area contributed by atoms with Crippen molar-refractivity contribution in [3.05, 3.63) is 11.5 Å². The first-order valence-electron chi connectivity index (χ1n) is 10.5. The van der Waals surface area contributed by atoms with E-state index in [1.54, 1.807) is 0 Å². The van der Waals surface area contributed by atoms with Crippen LogP contribution in [0.15, 0.2) is 11.5 Å². The normalized spacial score (nSPS) is 28.2. The molecular formula is C20H31N3O5. The average Bonchev–Trinajstić information content (AvgIpc) is 2.62. The van der Waals surface area contributed by atoms with Gasteiger partial charge in [-0.25, -0.2) is 0 Å². The molecule has 5 N–H and O–H groups in total. The van der Waals surface area contributed by atoms with E-state index in [1.807, 2.05) is 0 Å². The smallest absolute Gasteiger partial charge is 0.322 e. The molecule has 3 atom stereocenters. The number of fused-ring (bicyclic) bond motifs is 1. The molecule has 28 heavy (non-hydrogen) atoms. The molecule has 3 aliphatic carbocycles. The first kappa shape index (κ1) is 20.5. The first-order valence-corrected chi connectivity index (χ1v) is 10.5. The van der Waals surface area contributed by atoms with Crippen molar-refractivity contribution in [2.24, 2.45) is 11.8 Å². The number of hydrogen-bond donors (Lipinski definition) is 5. The summed E-state index contributed by atoms with van der Waals surface area (Å²) >= 11 is 0. The van der Waals surface area contributed by atoms with Crippen molar-refractivity contribution < 1.29 is 24.6 Å². The van der Waals surface area contributed by atoms with E-state index >= 15 is 0 Å². The van der Waals surface area contributed by atoms with Gasteiger partial charge in [-0.05, 0) is 43.9 Å². The van der Waals surface area contributed by atoms with Gasteiger partial charge in [-0.15, -0.1) is 0 Å². The monoisotopic (exact) mass is 393 g/mol. The summed E-state index contributed by atoms with van der Waals surface area (Å²) < 4.78 is 0. The van der Waals surface area contributed by atoms with Crippen molar-refractivity contribution in [3.8, 4) is 0 Å². The summed E-state index contributed by atoms with van der Waals surface area (Å²) in [7, 11) is 0. The minimum Gasteiger partial charge on any atom is -0.494 e. The number of nitrogens with one attached hydrogen (secondary N) is 3. The van der Waals surface area contributed by atoms with Crippen molar-refractivity contribution in [2.75, 3.05) is 6.54 Å². The number of aliphatic carboxylic acids is 1. The highest BCUT2D eigenvalue weighted by Gasteiger charge is 2.41. The minimum atomic E-state index is -1.19. The van der Waals surface area contributed by atoms with Gasteiger partial charge < -0.3 is 26.2 Å². The van der Waals surface area contributed by atoms with Gasteiger partial charge in [-0.3, -0.25) is 14.4 Å². The van der Waals surface area contributed by atoms with Crippen LogP contribution >= 0.6 is 0 Å². The lowest BCUT2D eigenvalue weighted by Gasteiger charge is -2.46. The zero-order valence-corrected chi connectivity index (χ0v) is 16.2. The van der Waals surface area contributed by atoms with Gasteiger partial charge in [0.25, 0.3) is 11.8 Å². The molecule has 0 aromatic heterocycles. The molecule has 0 radical (unpaired) electrons. The molecule has 0 spiro atoms. The summed E-state index contributed by atoms with van der Waals surface area (Å²) in [5.41, 5.74) is -0.423. The SMILES string of the molecule is O=C(O)CNC(O)=C(C(=O)NC1CCCCC1)C(=O)N[C@@H]1CCCC2CC[C@H]21. The highest BCUT2D eigenvalue weighted by atomic mass is 16.4. The zero-order chi connectivity index (χ0) is 20.1. The molecule has 0 heterocycles. The number of rotatable bonds is 7. The molecule has 3 aliphatic rings. The van der Waals surface area contributed by atoms with Gasteiger partial charge in [0, 0.05) is 12.1 Å². The van der Waals surface area contributed by atoms with Gasteiger partial charge in [-0.1, -0.05) is 32.1 Å². The van der Waals surface area contributed by atoms with E-state index in [0.29, 0.717) is 11.8 Å². The molecule has 0 aromatic rings. The first-order chi connectivity index (χ1) is 13.5. The number of carboxylic acids is 1. The molecule has 3 rings (SSSR count). The van der Waals surface area contributed by atoms with Gasteiger partial charge in [0.1, 0.15) is 6.54 Å². The molecule has 0 aliphatic heterocycles. The van der Waals surface area contributed by atoms with E-state index in [2.05, 4.69) is 16.0 Å². The Morgan fingerprint density at radius 1 is 0.786 bits per heavy atom. The Bertz CT molecular complexity index is 642. The van der Waals surface area contributed by atoms with Crippen LogP contribution < -0.4 is 16.0 Å². The molecule has 156 valence electrons. The number of carbonyl (C=O) groups is 3. The summed E-state index contributed by atoms with van der Waals surface area (Å²) in [6, 6.07) is -0.0215. The highest BCUT2D eigenvalue weighted by molar-refractivity contribution is 6.18. The molecule has 8 nitrogen and oxygen atoms in total. The third-order valence-corrected chi connectivity index (χ3v) is 6.44. The maximum absolute atomic E-state index is 12.9. The Kier molecular flexibility index (Phi) is 6.80. The van der Waals surface area contributed by atoms with Crippen LogP contribution in [0.1, 0.15) is 64.2 Å². The van der Waals surface area contributed by atoms with E-state index in [0.717, 1.165) is 51.4 Å². The van der Waals surface area contributed by atoms with Crippen LogP contribution in [-0.2, 0) is 14.4 Å². The van der Waals surface area contributed by atoms with Gasteiger partial charge in [0.05, 0.1) is 0 Å². The summed E-state index contributed by atoms with van der Waals surface area (Å²) in [5.74, 6) is -2.09. The van der Waals surface area contributed by atoms with Crippen molar-refractivity contribution in [1.82, 2.24) is 16.0 Å². The van der Waals surface area contributed by atoms with E-state index in [4.69, 9.17) is 5.11 Å². The summed E-state index contributed by atoms with van der Waals surface area (Å²) in [6.07, 6.45) is 10.2. The van der Waals surface area contributed by atoms with Crippen molar-refractivity contribution in [2.45, 2.75) is 76.3 Å². The maximum atomic E-state index is 12.9. The van der Waals surface area contributed by atoms with Crippen molar-refractivity contribution in [3.63, 3.8) is 0 Å². The van der Waals surface area contributed by atoms with Crippen LogP contribution in [0.2, 0.25) is 0 Å². The Labute approximate surface area is 165 Å². The Morgan fingerprint density at radius 3 is 2.14 bits per heavy atom. The largest absolute Gasteiger partial charge is 0.494 e. The van der Waals surface area contributed by atoms with Gasteiger partial charge in [-0.2, -0.15) is 0 Å². The molecule has 3 fully saturated rings. The summed E-state index contributed by atoms with van der Waals surface area (Å²) in [6.45, 7) is -0.576. The molecule has 1 unspecified atom stereocenters. The Morgan fingerprint density at radius 2 is 1.50 bits per heavy atom. The van der Waals surface area contributed by atoms with Gasteiger partial charge in [0.15, 0.2) is 5.57 Å². The van der Waals surface area contributed by atoms with Crippen LogP contribution in [-0.4, -0.2) is 46.6 Å². The predicted octanol–water partition coefficient (Wildman–Crippen LogP) is 1.57. The predicted molar refractivity (Wildman–Crippen MR) is 102 cm³/mol. The molecule has 3 saturated carbocycles. The second-order valence-electron chi connectivity index (χ2n) is 8.29. The van der Waals surface area contributed by atoms with Crippen LogP contribution in [0.5, 0.6) is 0 Å². The molecule has 0 bridgehead atoms. The Hall–Kier alpha value is -2.25. The average molecular weight is 393 g/mol. The van der Waals surface area contributed by atoms with Crippen molar-refractivity contribution >= 4 is 17.8 Å². The fourth-order valence-electron chi connectivity index (χ4n) is 4.79. The topological polar surface area (TPSA) is 128 Å². The van der Waals surface area contributed by atoms with Gasteiger partial charge in [0.2, 0.25) is 5.88 Å². The number of amides is 2. The number of aliphatic hydroxyl groups excluding tert-OH is 1. The van der Waals surface area contributed by atoms with Crippen LogP contribution in [0, 0.1) is 11.8 Å². The molecule has 8 heteroatoms. The lowest BCUT2D eigenvalue weighted by molar-refractivity contribution is -0.136. The third kappa shape index (κ3) is 4.97. The van der Waals surface area contributed by atoms with Crippen LogP contribution in [0.25, 0.3) is 0 Å². The van der Waals surface area contributed by atoms with Crippen LogP contribution in [0.4, 0.5) is 0 Å². The molecular weight excluding hydrogens is 362 g/mol. The van der Waals surface area contributed by atoms with Crippen molar-refractivity contribution in [1.29, 1.82) is 0 Å². The molecule has 0 saturated heterocycles. The third-order valence-electron chi connectivity index (χ3n) is 6.44. The number of hydrogen-bond acceptors (Lipinski definition) is 5. The summed E-state index contributed by atoms with van der Waals surface area (Å²) in [5, 5.41) is 27.1. The molecule has 2 amide bonds. The highest BCUT2D eigenvalue weighted by Crippen LogP contribution is 2.44. The Balaban J connectivity index is 1.70. The van der Waals surface area contributed by atoms with E-state index in [-0.39, 0.29) is 12.1 Å². The van der Waals surface area contributed by atoms with E-state index < -0.39 is 35.8 Å². The lowest BCUT2D eigenvalue weighted by Crippen LogP contribution is -2.51. The fourth-order valence-corrected chi connectivity index (χ4v) is 4.79. The van der Waals surface area contributed by atoms with E-state index in [1.165, 1.54) is 12.8 Å². The number of carboxylic acid groups (broad SMARTS) is 1. The van der Waals surface area contributed by atoms with Gasteiger partial charge >= 0.3 is 5.97 Å². The zero-order valence-electron chi connectivity index (χ0n) is 16.2. The maximum Gasteiger partial charge on any atom is 0.322 e. The quantitative estimate of drug-likeness (QED) is 0.193. The van der Waals surface area contributed by atoms with Crippen LogP contribution in [0.3, 0.4) is 0 Å². The van der Waals surface area contributed by atoms with E-state index in [9.17, 15) is 19.5 Å². The number of carbonyl (C=O) groups excluding carboxylic acids is 2. The number of aliphatic hydroxyl groups is 1. The summed E-state index contributed by atoms with van der Waals surface area (Å²) in [4.78, 5) is 36.4. The molecule has 0 aromatic carbocycles.